The first kappa shape index (κ1) is 16.8. The fourth-order valence-corrected chi connectivity index (χ4v) is 1.90. The number of hydrogen-bond acceptors (Lipinski definition) is 4. The second-order valence-electron chi connectivity index (χ2n) is 6.45. The summed E-state index contributed by atoms with van der Waals surface area (Å²) in [6.45, 7) is 5.24. The molecule has 1 aliphatic carbocycles. The molecule has 0 aliphatic heterocycles. The third-order valence-electron chi connectivity index (χ3n) is 3.01. The van der Waals surface area contributed by atoms with Crippen LogP contribution in [0.25, 0.3) is 0 Å². The Morgan fingerprint density at radius 2 is 2.09 bits per heavy atom. The molecule has 0 bridgehead atoms. The molecular weight excluding hydrogens is 299 g/mol. The smallest absolute Gasteiger partial charge is 0.435 e. The maximum Gasteiger partial charge on any atom is 0.435 e. The van der Waals surface area contributed by atoms with Crippen LogP contribution in [-0.4, -0.2) is 33.4 Å². The van der Waals surface area contributed by atoms with Crippen LogP contribution in [0.5, 0.6) is 0 Å². The highest BCUT2D eigenvalue weighted by atomic mass is 19.4. The molecule has 0 saturated heterocycles. The van der Waals surface area contributed by atoms with Gasteiger partial charge in [-0.1, -0.05) is 0 Å². The van der Waals surface area contributed by atoms with Crippen molar-refractivity contribution in [1.29, 1.82) is 0 Å². The quantitative estimate of drug-likeness (QED) is 0.847. The van der Waals surface area contributed by atoms with Crippen molar-refractivity contribution in [2.45, 2.75) is 64.0 Å². The third-order valence-corrected chi connectivity index (χ3v) is 3.01. The molecule has 1 fully saturated rings. The van der Waals surface area contributed by atoms with E-state index >= 15 is 0 Å². The van der Waals surface area contributed by atoms with E-state index < -0.39 is 29.5 Å². The number of carbonyl (C=O) groups excluding carboxylic acids is 1. The van der Waals surface area contributed by atoms with Gasteiger partial charge in [0.25, 0.3) is 0 Å². The Hall–Kier alpha value is -1.57. The maximum absolute atomic E-state index is 12.6. The van der Waals surface area contributed by atoms with E-state index in [0.717, 1.165) is 23.6 Å². The Kier molecular flexibility index (Phi) is 4.51. The number of ether oxygens (including phenoxy) is 1. The Balaban J connectivity index is 2.06. The fourth-order valence-electron chi connectivity index (χ4n) is 1.90. The van der Waals surface area contributed by atoms with Crippen molar-refractivity contribution in [1.82, 2.24) is 15.1 Å². The molecule has 0 radical (unpaired) electrons. The van der Waals surface area contributed by atoms with E-state index in [1.165, 1.54) is 6.20 Å². The molecule has 1 heterocycles. The Labute approximate surface area is 126 Å². The van der Waals surface area contributed by atoms with E-state index in [1.54, 1.807) is 20.8 Å². The average molecular weight is 319 g/mol. The molecule has 1 saturated carbocycles. The van der Waals surface area contributed by atoms with Crippen LogP contribution in [0.2, 0.25) is 0 Å². The number of carbonyl (C=O) groups is 1. The largest absolute Gasteiger partial charge is 0.459 e. The third kappa shape index (κ3) is 5.01. The van der Waals surface area contributed by atoms with Crippen molar-refractivity contribution in [3.05, 3.63) is 18.0 Å². The van der Waals surface area contributed by atoms with Gasteiger partial charge in [-0.3, -0.25) is 9.48 Å². The topological polar surface area (TPSA) is 56.2 Å². The van der Waals surface area contributed by atoms with Gasteiger partial charge in [0, 0.05) is 12.2 Å². The van der Waals surface area contributed by atoms with Gasteiger partial charge in [-0.15, -0.1) is 0 Å². The van der Waals surface area contributed by atoms with Gasteiger partial charge >= 0.3 is 12.1 Å². The van der Waals surface area contributed by atoms with E-state index in [-0.39, 0.29) is 12.6 Å². The summed E-state index contributed by atoms with van der Waals surface area (Å²) in [6.07, 6.45) is -1.37. The number of nitrogens with zero attached hydrogens (tertiary/aromatic N) is 2. The molecule has 1 aliphatic rings. The fraction of sp³-hybridized carbons (Fsp3) is 0.714. The summed E-state index contributed by atoms with van der Waals surface area (Å²) in [6, 6.07) is 0.395. The summed E-state index contributed by atoms with van der Waals surface area (Å²) < 4.78 is 44.1. The summed E-state index contributed by atoms with van der Waals surface area (Å²) in [4.78, 5) is 12.2. The van der Waals surface area contributed by atoms with Crippen LogP contribution in [0.4, 0.5) is 13.2 Å². The summed E-state index contributed by atoms with van der Waals surface area (Å²) in [7, 11) is 0. The molecule has 1 N–H and O–H groups in total. The highest BCUT2D eigenvalue weighted by Gasteiger charge is 2.35. The molecular formula is C14H20F3N3O2. The van der Waals surface area contributed by atoms with Crippen molar-refractivity contribution < 1.29 is 22.7 Å². The molecule has 1 aromatic rings. The minimum absolute atomic E-state index is 0.00148. The number of hydrogen-bond donors (Lipinski definition) is 1. The SMILES string of the molecule is CC(C)(C)OC(=O)C(Cn1ccc(C(F)(F)F)n1)NC1CC1. The van der Waals surface area contributed by atoms with Gasteiger partial charge in [-0.05, 0) is 39.7 Å². The number of aromatic nitrogens is 2. The lowest BCUT2D eigenvalue weighted by Crippen LogP contribution is -2.45. The highest BCUT2D eigenvalue weighted by Crippen LogP contribution is 2.27. The summed E-state index contributed by atoms with van der Waals surface area (Å²) in [5, 5.41) is 6.56. The normalized spacial score (nSPS) is 17.4. The van der Waals surface area contributed by atoms with Gasteiger partial charge in [-0.2, -0.15) is 18.3 Å². The van der Waals surface area contributed by atoms with Crippen LogP contribution in [0, 0.1) is 0 Å². The molecule has 8 heteroatoms. The monoisotopic (exact) mass is 319 g/mol. The molecule has 2 rings (SSSR count). The Bertz CT molecular complexity index is 530. The van der Waals surface area contributed by atoms with Gasteiger partial charge in [0.1, 0.15) is 11.6 Å². The molecule has 0 aromatic carbocycles. The second-order valence-corrected chi connectivity index (χ2v) is 6.45. The molecule has 1 unspecified atom stereocenters. The molecule has 124 valence electrons. The maximum atomic E-state index is 12.6. The molecule has 5 nitrogen and oxygen atoms in total. The average Bonchev–Trinajstić information content (AvgIpc) is 3.00. The highest BCUT2D eigenvalue weighted by molar-refractivity contribution is 5.76. The zero-order valence-electron chi connectivity index (χ0n) is 12.8. The van der Waals surface area contributed by atoms with Gasteiger partial charge in [-0.25, -0.2) is 0 Å². The van der Waals surface area contributed by atoms with Crippen LogP contribution in [-0.2, 0) is 22.3 Å². The summed E-state index contributed by atoms with van der Waals surface area (Å²) in [5.74, 6) is -0.483. The first-order valence-corrected chi connectivity index (χ1v) is 7.14. The molecule has 0 amide bonds. The van der Waals surface area contributed by atoms with Gasteiger partial charge in [0.2, 0.25) is 0 Å². The molecule has 1 atom stereocenters. The molecule has 1 aromatic heterocycles. The lowest BCUT2D eigenvalue weighted by Gasteiger charge is -2.24. The zero-order valence-corrected chi connectivity index (χ0v) is 12.8. The Morgan fingerprint density at radius 1 is 1.45 bits per heavy atom. The first-order valence-electron chi connectivity index (χ1n) is 7.14. The standard InChI is InChI=1S/C14H20F3N3O2/c1-13(2,3)22-12(21)10(18-9-4-5-9)8-20-7-6-11(19-20)14(15,16)17/h6-7,9-10,18H,4-5,8H2,1-3H3. The van der Waals surface area contributed by atoms with Gasteiger partial charge in [0.05, 0.1) is 6.54 Å². The van der Waals surface area contributed by atoms with E-state index in [9.17, 15) is 18.0 Å². The lowest BCUT2D eigenvalue weighted by atomic mass is 10.2. The number of alkyl halides is 3. The van der Waals surface area contributed by atoms with Crippen LogP contribution in [0.15, 0.2) is 12.3 Å². The number of nitrogens with one attached hydrogen (secondary N) is 1. The predicted octanol–water partition coefficient (Wildman–Crippen LogP) is 2.36. The van der Waals surface area contributed by atoms with Crippen molar-refractivity contribution in [3.63, 3.8) is 0 Å². The minimum atomic E-state index is -4.49. The van der Waals surface area contributed by atoms with Crippen LogP contribution >= 0.6 is 0 Å². The Morgan fingerprint density at radius 3 is 2.55 bits per heavy atom. The summed E-state index contributed by atoms with van der Waals surface area (Å²) in [5.41, 5.74) is -1.62. The van der Waals surface area contributed by atoms with E-state index in [2.05, 4.69) is 10.4 Å². The van der Waals surface area contributed by atoms with Crippen molar-refractivity contribution in [2.24, 2.45) is 0 Å². The molecule has 0 spiro atoms. The number of rotatable bonds is 5. The second kappa shape index (κ2) is 5.91. The van der Waals surface area contributed by atoms with Gasteiger partial charge in [0.15, 0.2) is 5.69 Å². The van der Waals surface area contributed by atoms with Crippen molar-refractivity contribution in [3.8, 4) is 0 Å². The molecule has 22 heavy (non-hydrogen) atoms. The van der Waals surface area contributed by atoms with E-state index in [4.69, 9.17) is 4.74 Å². The van der Waals surface area contributed by atoms with Crippen molar-refractivity contribution >= 4 is 5.97 Å². The zero-order chi connectivity index (χ0) is 16.5. The van der Waals surface area contributed by atoms with Crippen LogP contribution < -0.4 is 5.32 Å². The lowest BCUT2D eigenvalue weighted by molar-refractivity contribution is -0.158. The van der Waals surface area contributed by atoms with Gasteiger partial charge < -0.3 is 10.1 Å². The number of halogens is 3. The summed E-state index contributed by atoms with van der Waals surface area (Å²) >= 11 is 0. The first-order chi connectivity index (χ1) is 10.0. The van der Waals surface area contributed by atoms with Crippen molar-refractivity contribution in [2.75, 3.05) is 0 Å². The minimum Gasteiger partial charge on any atom is -0.459 e. The predicted molar refractivity (Wildman–Crippen MR) is 73.0 cm³/mol. The van der Waals surface area contributed by atoms with E-state index in [1.807, 2.05) is 0 Å². The van der Waals surface area contributed by atoms with Crippen LogP contribution in [0.1, 0.15) is 39.3 Å². The van der Waals surface area contributed by atoms with E-state index in [0.29, 0.717) is 0 Å². The van der Waals surface area contributed by atoms with Crippen LogP contribution in [0.3, 0.4) is 0 Å². The number of esters is 1.